The van der Waals surface area contributed by atoms with E-state index in [-0.39, 0.29) is 5.41 Å². The van der Waals surface area contributed by atoms with Crippen molar-refractivity contribution in [3.05, 3.63) is 195 Å². The highest BCUT2D eigenvalue weighted by Gasteiger charge is 2.63. The fraction of sp³-hybridized carbons (Fsp3) is 0.191. The van der Waals surface area contributed by atoms with Crippen LogP contribution in [0.15, 0.2) is 162 Å². The van der Waals surface area contributed by atoms with Crippen LogP contribution < -0.4 is 4.90 Å². The van der Waals surface area contributed by atoms with Crippen molar-refractivity contribution < 1.29 is 0 Å². The van der Waals surface area contributed by atoms with E-state index in [0.717, 1.165) is 19.3 Å². The van der Waals surface area contributed by atoms with Crippen molar-refractivity contribution in [1.82, 2.24) is 0 Å². The molecule has 0 aliphatic heterocycles. The number of anilines is 2. The van der Waals surface area contributed by atoms with Gasteiger partial charge in [0.1, 0.15) is 0 Å². The van der Waals surface area contributed by atoms with E-state index in [1.54, 1.807) is 22.3 Å². The zero-order valence-corrected chi connectivity index (χ0v) is 27.1. The van der Waals surface area contributed by atoms with Crippen LogP contribution in [0, 0.1) is 5.92 Å². The number of rotatable bonds is 4. The summed E-state index contributed by atoms with van der Waals surface area (Å²) in [7, 11) is 0. The Hall–Kier alpha value is -5.14. The van der Waals surface area contributed by atoms with E-state index in [2.05, 4.69) is 144 Å². The molecule has 7 aliphatic carbocycles. The van der Waals surface area contributed by atoms with Crippen LogP contribution in [-0.4, -0.2) is 0 Å². The zero-order valence-electron chi connectivity index (χ0n) is 27.1. The highest BCUT2D eigenvalue weighted by atomic mass is 15.1. The topological polar surface area (TPSA) is 3.24 Å². The Morgan fingerprint density at radius 1 is 0.688 bits per heavy atom. The molecule has 0 radical (unpaired) electrons. The van der Waals surface area contributed by atoms with Gasteiger partial charge in [0.15, 0.2) is 0 Å². The quantitative estimate of drug-likeness (QED) is 0.221. The van der Waals surface area contributed by atoms with Gasteiger partial charge in [0, 0.05) is 28.9 Å². The maximum absolute atomic E-state index is 2.65. The van der Waals surface area contributed by atoms with E-state index in [1.165, 1.54) is 80.9 Å². The van der Waals surface area contributed by atoms with Gasteiger partial charge in [-0.1, -0.05) is 115 Å². The van der Waals surface area contributed by atoms with Gasteiger partial charge in [0.25, 0.3) is 0 Å². The van der Waals surface area contributed by atoms with Gasteiger partial charge in [0.2, 0.25) is 0 Å². The normalized spacial score (nSPS) is 25.1. The summed E-state index contributed by atoms with van der Waals surface area (Å²) < 4.78 is 0. The third-order valence-corrected chi connectivity index (χ3v) is 12.4. The number of benzene rings is 4. The molecule has 0 N–H and O–H groups in total. The average Bonchev–Trinajstić information content (AvgIpc) is 3.75. The fourth-order valence-electron chi connectivity index (χ4n) is 10.5. The SMILES string of the molecule is C1=CC2=C(CC1)CCC(c1ccc(N(C3=CC4C(C=C3)c3cccc5c3C43C4=C(CCC=C45)c4ccccc43)c3ccccc3)cc1)=C2. The molecule has 11 rings (SSSR count). The van der Waals surface area contributed by atoms with E-state index in [1.807, 2.05) is 0 Å². The summed E-state index contributed by atoms with van der Waals surface area (Å²) in [5.41, 5.74) is 21.7. The molecule has 230 valence electrons. The zero-order chi connectivity index (χ0) is 31.4. The number of fused-ring (bicyclic) bond motifs is 5. The Bertz CT molecular complexity index is 2280. The predicted molar refractivity (Wildman–Crippen MR) is 199 cm³/mol. The molecule has 0 fully saturated rings. The van der Waals surface area contributed by atoms with Gasteiger partial charge in [-0.2, -0.15) is 0 Å². The summed E-state index contributed by atoms with van der Waals surface area (Å²) >= 11 is 0. The van der Waals surface area contributed by atoms with Crippen molar-refractivity contribution in [1.29, 1.82) is 0 Å². The van der Waals surface area contributed by atoms with E-state index in [0.29, 0.717) is 11.8 Å². The molecule has 0 heterocycles. The predicted octanol–water partition coefficient (Wildman–Crippen LogP) is 11.8. The standard InChI is InChI=1S/C47H37N/c1-2-12-34(13-3-1)48(35-24-22-31(23-25-35)33-21-20-30-10-4-5-11-32(30)28-33)36-26-27-38-40-16-9-18-42-41-17-8-15-39-37-14-6-7-19-43(37)47(45(39)41,46(40)42)44(38)29-36/h1-3,5-7,9,11-14,16-19,22-29,38,44H,4,8,10,15,20-21H2. The molecule has 0 amide bonds. The van der Waals surface area contributed by atoms with Gasteiger partial charge >= 0.3 is 0 Å². The first-order valence-corrected chi connectivity index (χ1v) is 17.9. The molecule has 1 heteroatoms. The Balaban J connectivity index is 1.06. The Kier molecular flexibility index (Phi) is 5.56. The molecule has 0 saturated heterocycles. The first-order valence-electron chi connectivity index (χ1n) is 17.9. The van der Waals surface area contributed by atoms with Crippen LogP contribution in [0.1, 0.15) is 77.8 Å². The monoisotopic (exact) mass is 615 g/mol. The smallest absolute Gasteiger partial charge is 0.0547 e. The summed E-state index contributed by atoms with van der Waals surface area (Å²) in [4.78, 5) is 2.49. The lowest BCUT2D eigenvalue weighted by Crippen LogP contribution is -2.33. The average molecular weight is 616 g/mol. The Morgan fingerprint density at radius 3 is 2.44 bits per heavy atom. The van der Waals surface area contributed by atoms with Crippen LogP contribution in [0.25, 0.3) is 16.7 Å². The summed E-state index contributed by atoms with van der Waals surface area (Å²) in [5, 5.41) is 0. The molecule has 4 aromatic rings. The van der Waals surface area contributed by atoms with Crippen LogP contribution in [0.3, 0.4) is 0 Å². The third kappa shape index (κ3) is 3.47. The Morgan fingerprint density at radius 2 is 1.52 bits per heavy atom. The molecular formula is C47H37N. The molecule has 0 saturated carbocycles. The van der Waals surface area contributed by atoms with E-state index in [4.69, 9.17) is 0 Å². The van der Waals surface area contributed by atoms with Crippen LogP contribution in [0.4, 0.5) is 11.4 Å². The molecule has 3 unspecified atom stereocenters. The highest BCUT2D eigenvalue weighted by Crippen LogP contribution is 2.72. The lowest BCUT2D eigenvalue weighted by molar-refractivity contribution is 0.467. The fourth-order valence-corrected chi connectivity index (χ4v) is 10.5. The lowest BCUT2D eigenvalue weighted by Gasteiger charge is -2.38. The summed E-state index contributed by atoms with van der Waals surface area (Å²) in [6.07, 6.45) is 24.2. The second-order valence-electron chi connectivity index (χ2n) is 14.5. The van der Waals surface area contributed by atoms with Crippen molar-refractivity contribution in [3.8, 4) is 0 Å². The van der Waals surface area contributed by atoms with Crippen molar-refractivity contribution >= 4 is 28.1 Å². The van der Waals surface area contributed by atoms with Crippen LogP contribution >= 0.6 is 0 Å². The minimum absolute atomic E-state index is 0.119. The first kappa shape index (κ1) is 26.9. The van der Waals surface area contributed by atoms with Crippen molar-refractivity contribution in [2.75, 3.05) is 4.90 Å². The number of allylic oxidation sites excluding steroid dienone is 13. The van der Waals surface area contributed by atoms with Gasteiger partial charge in [-0.25, -0.2) is 0 Å². The molecular weight excluding hydrogens is 579 g/mol. The summed E-state index contributed by atoms with van der Waals surface area (Å²) in [5.74, 6) is 0.675. The first-order chi connectivity index (χ1) is 23.8. The van der Waals surface area contributed by atoms with Crippen molar-refractivity contribution in [2.45, 2.75) is 49.9 Å². The summed E-state index contributed by atoms with van der Waals surface area (Å²) in [6.45, 7) is 0. The lowest BCUT2D eigenvalue weighted by atomic mass is 9.66. The van der Waals surface area contributed by atoms with E-state index >= 15 is 0 Å². The van der Waals surface area contributed by atoms with Gasteiger partial charge in [-0.05, 0) is 130 Å². The molecule has 1 nitrogen and oxygen atoms in total. The molecule has 0 bridgehead atoms. The van der Waals surface area contributed by atoms with Gasteiger partial charge in [-0.15, -0.1) is 0 Å². The molecule has 0 aromatic heterocycles. The maximum atomic E-state index is 2.65. The van der Waals surface area contributed by atoms with Gasteiger partial charge in [-0.3, -0.25) is 0 Å². The number of para-hydroxylation sites is 1. The minimum Gasteiger partial charge on any atom is -0.311 e. The Labute approximate surface area is 283 Å². The molecule has 7 aliphatic rings. The van der Waals surface area contributed by atoms with Crippen LogP contribution in [0.5, 0.6) is 0 Å². The second-order valence-corrected chi connectivity index (χ2v) is 14.5. The van der Waals surface area contributed by atoms with Gasteiger partial charge in [0.05, 0.1) is 5.41 Å². The van der Waals surface area contributed by atoms with Gasteiger partial charge < -0.3 is 4.90 Å². The minimum atomic E-state index is -0.119. The molecule has 4 aromatic carbocycles. The number of hydrogen-bond acceptors (Lipinski definition) is 1. The van der Waals surface area contributed by atoms with E-state index in [9.17, 15) is 0 Å². The van der Waals surface area contributed by atoms with Crippen molar-refractivity contribution in [2.24, 2.45) is 5.92 Å². The summed E-state index contributed by atoms with van der Waals surface area (Å²) in [6, 6.07) is 36.8. The third-order valence-electron chi connectivity index (χ3n) is 12.4. The molecule has 3 atom stereocenters. The second kappa shape index (κ2) is 9.94. The highest BCUT2D eigenvalue weighted by molar-refractivity contribution is 6.06. The van der Waals surface area contributed by atoms with Crippen LogP contribution in [-0.2, 0) is 5.41 Å². The number of nitrogens with zero attached hydrogens (tertiary/aromatic N) is 1. The molecule has 1 spiro atoms. The maximum Gasteiger partial charge on any atom is 0.0547 e. The van der Waals surface area contributed by atoms with E-state index < -0.39 is 0 Å². The largest absolute Gasteiger partial charge is 0.311 e. The van der Waals surface area contributed by atoms with Crippen LogP contribution in [0.2, 0.25) is 0 Å². The molecule has 48 heavy (non-hydrogen) atoms. The van der Waals surface area contributed by atoms with Crippen molar-refractivity contribution in [3.63, 3.8) is 0 Å². The number of hydrogen-bond donors (Lipinski definition) is 0.